The number of aliphatic imine (C=N–C) groups is 1. The average Bonchev–Trinajstić information content (AvgIpc) is 2.16. The molecule has 0 heterocycles. The Morgan fingerprint density at radius 3 is 2.75 bits per heavy atom. The number of ether oxygens (including phenoxy) is 1. The van der Waals surface area contributed by atoms with Crippen LogP contribution in [0.2, 0.25) is 0 Å². The highest BCUT2D eigenvalue weighted by atomic mass is 32.2. The fourth-order valence-corrected chi connectivity index (χ4v) is 1.47. The van der Waals surface area contributed by atoms with Gasteiger partial charge in [-0.3, -0.25) is 10.2 Å². The zero-order valence-electron chi connectivity index (χ0n) is 9.32. The monoisotopic (exact) mass is 247 g/mol. The number of nitrogens with zero attached hydrogens (tertiary/aromatic N) is 1. The Hall–Kier alpha value is -1.28. The maximum Gasteiger partial charge on any atom is 0.233 e. The number of nitrogens with one attached hydrogen (secondary N) is 2. The number of hydrogen-bond donors (Lipinski definition) is 4. The van der Waals surface area contributed by atoms with Crippen LogP contribution in [-0.4, -0.2) is 42.5 Å². The molecule has 0 aromatic carbocycles. The van der Waals surface area contributed by atoms with Gasteiger partial charge in [0.2, 0.25) is 5.91 Å². The molecule has 1 unspecified atom stereocenters. The largest absolute Gasteiger partial charge is 0.383 e. The molecule has 16 heavy (non-hydrogen) atoms. The SMILES string of the molecule is COCCNC(=O)C(C)SC(=N)N=C(N)N. The Kier molecular flexibility index (Phi) is 7.31. The van der Waals surface area contributed by atoms with Crippen molar-refractivity contribution in [2.24, 2.45) is 16.5 Å². The van der Waals surface area contributed by atoms with E-state index >= 15 is 0 Å². The lowest BCUT2D eigenvalue weighted by Crippen LogP contribution is -2.34. The van der Waals surface area contributed by atoms with Crippen LogP contribution >= 0.6 is 11.8 Å². The van der Waals surface area contributed by atoms with Crippen LogP contribution in [0.1, 0.15) is 6.92 Å². The first-order chi connectivity index (χ1) is 7.47. The quantitative estimate of drug-likeness (QED) is 0.284. The highest BCUT2D eigenvalue weighted by Gasteiger charge is 2.15. The van der Waals surface area contributed by atoms with Crippen LogP contribution in [0.3, 0.4) is 0 Å². The first kappa shape index (κ1) is 14.7. The molecule has 7 nitrogen and oxygen atoms in total. The van der Waals surface area contributed by atoms with Crippen molar-refractivity contribution >= 4 is 28.8 Å². The zero-order valence-corrected chi connectivity index (χ0v) is 10.1. The van der Waals surface area contributed by atoms with Crippen molar-refractivity contribution in [3.05, 3.63) is 0 Å². The smallest absolute Gasteiger partial charge is 0.233 e. The van der Waals surface area contributed by atoms with Crippen molar-refractivity contribution in [2.45, 2.75) is 12.2 Å². The van der Waals surface area contributed by atoms with E-state index in [0.717, 1.165) is 11.8 Å². The van der Waals surface area contributed by atoms with Crippen LogP contribution in [0.4, 0.5) is 0 Å². The molecule has 0 radical (unpaired) electrons. The topological polar surface area (TPSA) is 127 Å². The molecule has 0 bridgehead atoms. The third-order valence-corrected chi connectivity index (χ3v) is 2.38. The molecule has 0 saturated carbocycles. The number of carbonyl (C=O) groups is 1. The average molecular weight is 247 g/mol. The normalized spacial score (nSPS) is 11.6. The number of rotatable bonds is 5. The summed E-state index contributed by atoms with van der Waals surface area (Å²) in [5.41, 5.74) is 10.2. The molecule has 0 fully saturated rings. The second kappa shape index (κ2) is 7.94. The summed E-state index contributed by atoms with van der Waals surface area (Å²) < 4.78 is 4.79. The lowest BCUT2D eigenvalue weighted by Gasteiger charge is -2.10. The number of thioether (sulfide) groups is 1. The molecule has 0 aliphatic heterocycles. The standard InChI is InChI=1S/C8H17N5O2S/c1-5(6(14)12-3-4-15-2)16-8(11)13-7(9)10/h5H,3-4H2,1-2H3,(H,12,14)(H5,9,10,11,13). The highest BCUT2D eigenvalue weighted by molar-refractivity contribution is 8.14. The summed E-state index contributed by atoms with van der Waals surface area (Å²) in [4.78, 5) is 15.0. The van der Waals surface area contributed by atoms with Gasteiger partial charge < -0.3 is 21.5 Å². The van der Waals surface area contributed by atoms with Gasteiger partial charge in [0.1, 0.15) is 0 Å². The number of amidine groups is 1. The number of nitrogens with two attached hydrogens (primary N) is 2. The van der Waals surface area contributed by atoms with Gasteiger partial charge in [-0.1, -0.05) is 11.8 Å². The van der Waals surface area contributed by atoms with Crippen LogP contribution in [-0.2, 0) is 9.53 Å². The molecular formula is C8H17N5O2S. The molecule has 0 aromatic rings. The summed E-state index contributed by atoms with van der Waals surface area (Å²) in [5, 5.41) is 9.50. The fourth-order valence-electron chi connectivity index (χ4n) is 0.785. The second-order valence-electron chi connectivity index (χ2n) is 2.89. The Labute approximate surface area is 98.5 Å². The lowest BCUT2D eigenvalue weighted by molar-refractivity contribution is -0.120. The van der Waals surface area contributed by atoms with Crippen molar-refractivity contribution < 1.29 is 9.53 Å². The highest BCUT2D eigenvalue weighted by Crippen LogP contribution is 2.12. The summed E-state index contributed by atoms with van der Waals surface area (Å²) in [5.74, 6) is -0.373. The first-order valence-electron chi connectivity index (χ1n) is 4.59. The van der Waals surface area contributed by atoms with Crippen molar-refractivity contribution in [2.75, 3.05) is 20.3 Å². The molecule has 0 saturated heterocycles. The molecular weight excluding hydrogens is 230 g/mol. The molecule has 0 aliphatic rings. The first-order valence-corrected chi connectivity index (χ1v) is 5.46. The Morgan fingerprint density at radius 1 is 1.62 bits per heavy atom. The van der Waals surface area contributed by atoms with E-state index in [-0.39, 0.29) is 17.0 Å². The van der Waals surface area contributed by atoms with Crippen LogP contribution in [0.15, 0.2) is 4.99 Å². The fraction of sp³-hybridized carbons (Fsp3) is 0.625. The molecule has 1 amide bonds. The Morgan fingerprint density at radius 2 is 2.25 bits per heavy atom. The molecule has 0 aromatic heterocycles. The molecule has 0 aliphatic carbocycles. The second-order valence-corrected chi connectivity index (χ2v) is 4.22. The number of amides is 1. The predicted molar refractivity (Wildman–Crippen MR) is 65.5 cm³/mol. The minimum absolute atomic E-state index is 0.0885. The van der Waals surface area contributed by atoms with Gasteiger partial charge in [0.15, 0.2) is 11.1 Å². The Balaban J connectivity index is 3.96. The summed E-state index contributed by atoms with van der Waals surface area (Å²) >= 11 is 0.977. The van der Waals surface area contributed by atoms with Crippen LogP contribution < -0.4 is 16.8 Å². The van der Waals surface area contributed by atoms with Gasteiger partial charge in [-0.2, -0.15) is 4.99 Å². The number of methoxy groups -OCH3 is 1. The maximum atomic E-state index is 11.4. The van der Waals surface area contributed by atoms with E-state index in [2.05, 4.69) is 10.3 Å². The minimum atomic E-state index is -0.424. The summed E-state index contributed by atoms with van der Waals surface area (Å²) in [6.07, 6.45) is 0. The van der Waals surface area contributed by atoms with Crippen molar-refractivity contribution in [1.29, 1.82) is 5.41 Å². The predicted octanol–water partition coefficient (Wildman–Crippen LogP) is -0.921. The van der Waals surface area contributed by atoms with E-state index < -0.39 is 5.25 Å². The van der Waals surface area contributed by atoms with Gasteiger partial charge in [-0.15, -0.1) is 0 Å². The third-order valence-electron chi connectivity index (χ3n) is 1.49. The van der Waals surface area contributed by atoms with Gasteiger partial charge in [0.25, 0.3) is 0 Å². The number of guanidine groups is 1. The van der Waals surface area contributed by atoms with Gasteiger partial charge in [-0.05, 0) is 6.92 Å². The van der Waals surface area contributed by atoms with E-state index in [1.165, 1.54) is 0 Å². The van der Waals surface area contributed by atoms with Gasteiger partial charge in [0.05, 0.1) is 11.9 Å². The van der Waals surface area contributed by atoms with E-state index in [0.29, 0.717) is 13.2 Å². The van der Waals surface area contributed by atoms with Crippen molar-refractivity contribution in [1.82, 2.24) is 5.32 Å². The third kappa shape index (κ3) is 7.07. The molecule has 6 N–H and O–H groups in total. The van der Waals surface area contributed by atoms with Crippen LogP contribution in [0, 0.1) is 5.41 Å². The van der Waals surface area contributed by atoms with Crippen LogP contribution in [0.5, 0.6) is 0 Å². The van der Waals surface area contributed by atoms with Gasteiger partial charge in [-0.25, -0.2) is 0 Å². The summed E-state index contributed by atoms with van der Waals surface area (Å²) in [6.45, 7) is 2.56. The molecule has 0 spiro atoms. The minimum Gasteiger partial charge on any atom is -0.383 e. The van der Waals surface area contributed by atoms with E-state index in [9.17, 15) is 4.79 Å². The molecule has 92 valence electrons. The van der Waals surface area contributed by atoms with Gasteiger partial charge in [0, 0.05) is 13.7 Å². The summed E-state index contributed by atoms with van der Waals surface area (Å²) in [6, 6.07) is 0. The van der Waals surface area contributed by atoms with E-state index in [1.54, 1.807) is 14.0 Å². The Bertz CT molecular complexity index is 278. The van der Waals surface area contributed by atoms with E-state index in [4.69, 9.17) is 21.6 Å². The van der Waals surface area contributed by atoms with Gasteiger partial charge >= 0.3 is 0 Å². The maximum absolute atomic E-state index is 11.4. The van der Waals surface area contributed by atoms with Crippen molar-refractivity contribution in [3.63, 3.8) is 0 Å². The number of hydrogen-bond acceptors (Lipinski definition) is 4. The molecule has 0 rings (SSSR count). The summed E-state index contributed by atoms with van der Waals surface area (Å²) in [7, 11) is 1.55. The van der Waals surface area contributed by atoms with Crippen LogP contribution in [0.25, 0.3) is 0 Å². The zero-order chi connectivity index (χ0) is 12.6. The van der Waals surface area contributed by atoms with E-state index in [1.807, 2.05) is 0 Å². The number of carbonyl (C=O) groups excluding carboxylic acids is 1. The molecule has 8 heteroatoms. The molecule has 1 atom stereocenters. The lowest BCUT2D eigenvalue weighted by atomic mass is 10.4. The van der Waals surface area contributed by atoms with Crippen molar-refractivity contribution in [3.8, 4) is 0 Å².